The fraction of sp³-hybridized carbons (Fsp3) is 0.167. The molecule has 0 bridgehead atoms. The van der Waals surface area contributed by atoms with Crippen molar-refractivity contribution in [2.45, 2.75) is 6.04 Å². The van der Waals surface area contributed by atoms with Crippen molar-refractivity contribution in [3.05, 3.63) is 20.8 Å². The summed E-state index contributed by atoms with van der Waals surface area (Å²) in [6.45, 7) is 0. The van der Waals surface area contributed by atoms with Crippen molar-refractivity contribution in [3.63, 3.8) is 0 Å². The van der Waals surface area contributed by atoms with E-state index in [2.05, 4.69) is 15.9 Å². The van der Waals surface area contributed by atoms with Gasteiger partial charge in [0.25, 0.3) is 0 Å². The Labute approximate surface area is 71.4 Å². The molecule has 0 saturated carbocycles. The molecular weight excluding hydrogens is 212 g/mol. The first kappa shape index (κ1) is 7.73. The molecule has 2 N–H and O–H groups in total. The molecule has 0 saturated heterocycles. The number of nitrogens with zero attached hydrogens (tertiary/aromatic N) is 1. The third-order valence-corrected chi connectivity index (χ3v) is 3.02. The lowest BCUT2D eigenvalue weighted by molar-refractivity contribution is 0.946. The number of thiophene rings is 1. The van der Waals surface area contributed by atoms with Gasteiger partial charge in [0.15, 0.2) is 0 Å². The van der Waals surface area contributed by atoms with Gasteiger partial charge < -0.3 is 5.73 Å². The topological polar surface area (TPSA) is 49.8 Å². The predicted octanol–water partition coefficient (Wildman–Crippen LogP) is 2.03. The molecule has 1 atom stereocenters. The summed E-state index contributed by atoms with van der Waals surface area (Å²) in [5.74, 6) is 0. The van der Waals surface area contributed by atoms with E-state index in [-0.39, 0.29) is 0 Å². The van der Waals surface area contributed by atoms with Crippen LogP contribution in [0.4, 0.5) is 0 Å². The highest BCUT2D eigenvalue weighted by molar-refractivity contribution is 9.10. The summed E-state index contributed by atoms with van der Waals surface area (Å²) in [7, 11) is 0. The second kappa shape index (κ2) is 3.15. The molecule has 0 radical (unpaired) electrons. The molecule has 0 aliphatic heterocycles. The first-order chi connectivity index (χ1) is 4.75. The molecule has 1 heterocycles. The Morgan fingerprint density at radius 2 is 2.50 bits per heavy atom. The third-order valence-electron chi connectivity index (χ3n) is 1.07. The van der Waals surface area contributed by atoms with Gasteiger partial charge in [-0.1, -0.05) is 0 Å². The quantitative estimate of drug-likeness (QED) is 0.782. The first-order valence-corrected chi connectivity index (χ1v) is 4.31. The maximum absolute atomic E-state index is 8.44. The van der Waals surface area contributed by atoms with Crippen molar-refractivity contribution in [2.24, 2.45) is 5.73 Å². The Kier molecular flexibility index (Phi) is 2.44. The molecule has 0 fully saturated rings. The van der Waals surface area contributed by atoms with E-state index in [1.54, 1.807) is 0 Å². The molecule has 0 amide bonds. The summed E-state index contributed by atoms with van der Waals surface area (Å²) >= 11 is 4.77. The van der Waals surface area contributed by atoms with Crippen molar-refractivity contribution >= 4 is 27.3 Å². The van der Waals surface area contributed by atoms with Crippen LogP contribution in [0, 0.1) is 11.3 Å². The molecule has 1 unspecified atom stereocenters. The molecule has 1 aromatic heterocycles. The molecule has 1 aromatic rings. The molecule has 1 rings (SSSR count). The molecule has 0 aliphatic carbocycles. The van der Waals surface area contributed by atoms with Crippen LogP contribution in [0.2, 0.25) is 0 Å². The van der Waals surface area contributed by atoms with Crippen LogP contribution in [0.5, 0.6) is 0 Å². The van der Waals surface area contributed by atoms with Crippen LogP contribution < -0.4 is 5.73 Å². The maximum atomic E-state index is 8.44. The highest BCUT2D eigenvalue weighted by atomic mass is 79.9. The largest absolute Gasteiger partial charge is 0.311 e. The summed E-state index contributed by atoms with van der Waals surface area (Å²) in [5, 5.41) is 10.3. The molecule has 0 spiro atoms. The second-order valence-electron chi connectivity index (χ2n) is 1.74. The lowest BCUT2D eigenvalue weighted by atomic mass is 10.3. The van der Waals surface area contributed by atoms with Gasteiger partial charge in [-0.25, -0.2) is 0 Å². The Morgan fingerprint density at radius 1 is 1.80 bits per heavy atom. The van der Waals surface area contributed by atoms with E-state index in [9.17, 15) is 0 Å². The van der Waals surface area contributed by atoms with Gasteiger partial charge in [0.1, 0.15) is 6.04 Å². The molecule has 0 aliphatic rings. The zero-order valence-corrected chi connectivity index (χ0v) is 7.45. The van der Waals surface area contributed by atoms with E-state index in [0.717, 1.165) is 9.35 Å². The van der Waals surface area contributed by atoms with Gasteiger partial charge in [-0.05, 0) is 27.4 Å². The van der Waals surface area contributed by atoms with E-state index in [4.69, 9.17) is 11.0 Å². The van der Waals surface area contributed by atoms with Gasteiger partial charge in [0, 0.05) is 9.35 Å². The fourth-order valence-electron chi connectivity index (χ4n) is 0.586. The van der Waals surface area contributed by atoms with Crippen LogP contribution in [0.3, 0.4) is 0 Å². The minimum Gasteiger partial charge on any atom is -0.311 e. The normalized spacial score (nSPS) is 12.5. The standard InChI is InChI=1S/C6H5BrN2S/c7-4-1-2-10-6(4)5(9)3-8/h1-2,5H,9H2. The number of nitrogens with two attached hydrogens (primary N) is 1. The van der Waals surface area contributed by atoms with Crippen molar-refractivity contribution in [1.29, 1.82) is 5.26 Å². The Balaban J connectivity index is 2.96. The Morgan fingerprint density at radius 3 is 2.90 bits per heavy atom. The van der Waals surface area contributed by atoms with Gasteiger partial charge in [0.2, 0.25) is 0 Å². The van der Waals surface area contributed by atoms with Gasteiger partial charge in [-0.2, -0.15) is 5.26 Å². The zero-order chi connectivity index (χ0) is 7.56. The van der Waals surface area contributed by atoms with E-state index in [0.29, 0.717) is 0 Å². The zero-order valence-electron chi connectivity index (χ0n) is 5.04. The lowest BCUT2D eigenvalue weighted by Crippen LogP contribution is -2.05. The van der Waals surface area contributed by atoms with Crippen LogP contribution in [-0.4, -0.2) is 0 Å². The van der Waals surface area contributed by atoms with Crippen LogP contribution >= 0.6 is 27.3 Å². The molecular formula is C6H5BrN2S. The van der Waals surface area contributed by atoms with Crippen LogP contribution in [-0.2, 0) is 0 Å². The van der Waals surface area contributed by atoms with E-state index in [1.165, 1.54) is 11.3 Å². The van der Waals surface area contributed by atoms with Crippen LogP contribution in [0.25, 0.3) is 0 Å². The van der Waals surface area contributed by atoms with Crippen molar-refractivity contribution < 1.29 is 0 Å². The van der Waals surface area contributed by atoms with Gasteiger partial charge in [-0.15, -0.1) is 11.3 Å². The number of hydrogen-bond donors (Lipinski definition) is 1. The number of hydrogen-bond acceptors (Lipinski definition) is 3. The van der Waals surface area contributed by atoms with E-state index >= 15 is 0 Å². The number of rotatable bonds is 1. The summed E-state index contributed by atoms with van der Waals surface area (Å²) in [4.78, 5) is 0.891. The third kappa shape index (κ3) is 1.37. The predicted molar refractivity (Wildman–Crippen MR) is 44.6 cm³/mol. The number of nitriles is 1. The fourth-order valence-corrected chi connectivity index (χ4v) is 2.15. The van der Waals surface area contributed by atoms with Crippen LogP contribution in [0.15, 0.2) is 15.9 Å². The van der Waals surface area contributed by atoms with Crippen LogP contribution in [0.1, 0.15) is 10.9 Å². The van der Waals surface area contributed by atoms with E-state index in [1.807, 2.05) is 17.5 Å². The van der Waals surface area contributed by atoms with Crippen molar-refractivity contribution in [1.82, 2.24) is 0 Å². The number of halogens is 1. The average molecular weight is 217 g/mol. The minimum absolute atomic E-state index is 0.491. The smallest absolute Gasteiger partial charge is 0.129 e. The van der Waals surface area contributed by atoms with Crippen molar-refractivity contribution in [2.75, 3.05) is 0 Å². The van der Waals surface area contributed by atoms with Gasteiger partial charge in [0.05, 0.1) is 6.07 Å². The second-order valence-corrected chi connectivity index (χ2v) is 3.54. The molecule has 0 aromatic carbocycles. The Hall–Kier alpha value is -0.370. The molecule has 10 heavy (non-hydrogen) atoms. The minimum atomic E-state index is -0.491. The first-order valence-electron chi connectivity index (χ1n) is 2.64. The molecule has 52 valence electrons. The van der Waals surface area contributed by atoms with Crippen molar-refractivity contribution in [3.8, 4) is 6.07 Å². The lowest BCUT2D eigenvalue weighted by Gasteiger charge is -1.96. The summed E-state index contributed by atoms with van der Waals surface area (Å²) in [6.07, 6.45) is 0. The maximum Gasteiger partial charge on any atom is 0.129 e. The van der Waals surface area contributed by atoms with Gasteiger partial charge >= 0.3 is 0 Å². The molecule has 4 heteroatoms. The van der Waals surface area contributed by atoms with E-state index < -0.39 is 6.04 Å². The van der Waals surface area contributed by atoms with Gasteiger partial charge in [-0.3, -0.25) is 0 Å². The summed E-state index contributed by atoms with van der Waals surface area (Å²) in [5.41, 5.74) is 5.46. The highest BCUT2D eigenvalue weighted by Gasteiger charge is 2.08. The summed E-state index contributed by atoms with van der Waals surface area (Å²) < 4.78 is 0.923. The molecule has 2 nitrogen and oxygen atoms in total. The summed E-state index contributed by atoms with van der Waals surface area (Å²) in [6, 6.07) is 3.36. The monoisotopic (exact) mass is 216 g/mol. The average Bonchev–Trinajstić information content (AvgIpc) is 2.34. The Bertz CT molecular complexity index is 263. The SMILES string of the molecule is N#CC(N)c1sccc1Br. The highest BCUT2D eigenvalue weighted by Crippen LogP contribution is 2.26.